The lowest BCUT2D eigenvalue weighted by Gasteiger charge is -2.35. The number of carbonyl (C=O) groups is 2. The molecule has 0 unspecified atom stereocenters. The summed E-state index contributed by atoms with van der Waals surface area (Å²) in [5, 5.41) is 4.00. The molecule has 1 aliphatic heterocycles. The molecule has 0 aliphatic carbocycles. The molecule has 30 heavy (non-hydrogen) atoms. The number of methoxy groups -OCH3 is 1. The molecule has 0 radical (unpaired) electrons. The summed E-state index contributed by atoms with van der Waals surface area (Å²) in [4.78, 5) is 32.8. The minimum Gasteiger partial charge on any atom is -0.497 e. The molecule has 162 valence electrons. The van der Waals surface area contributed by atoms with Gasteiger partial charge in [0.1, 0.15) is 5.75 Å². The van der Waals surface area contributed by atoms with Crippen molar-refractivity contribution in [2.75, 3.05) is 33.3 Å². The van der Waals surface area contributed by atoms with Crippen LogP contribution in [0.25, 0.3) is 11.4 Å². The first-order chi connectivity index (χ1) is 14.5. The predicted molar refractivity (Wildman–Crippen MR) is 112 cm³/mol. The SMILES string of the molecule is COc1ccc(-c2noc(CCC(=O)N3CCN(C(=O)CCC(C)C)CC3)n2)cc1. The molecule has 1 aromatic heterocycles. The van der Waals surface area contributed by atoms with Gasteiger partial charge in [0.05, 0.1) is 7.11 Å². The molecule has 2 heterocycles. The van der Waals surface area contributed by atoms with Gasteiger partial charge in [-0.3, -0.25) is 9.59 Å². The van der Waals surface area contributed by atoms with E-state index in [9.17, 15) is 9.59 Å². The highest BCUT2D eigenvalue weighted by atomic mass is 16.5. The molecule has 0 atom stereocenters. The molecule has 8 heteroatoms. The van der Waals surface area contributed by atoms with Crippen molar-refractivity contribution in [1.29, 1.82) is 0 Å². The molecule has 0 saturated carbocycles. The summed E-state index contributed by atoms with van der Waals surface area (Å²) in [6.45, 7) is 6.59. The van der Waals surface area contributed by atoms with E-state index in [1.165, 1.54) is 0 Å². The topological polar surface area (TPSA) is 88.8 Å². The van der Waals surface area contributed by atoms with Gasteiger partial charge in [0.15, 0.2) is 0 Å². The van der Waals surface area contributed by atoms with Gasteiger partial charge in [0, 0.05) is 51.0 Å². The molecular weight excluding hydrogens is 384 g/mol. The first kappa shape index (κ1) is 21.8. The third kappa shape index (κ3) is 5.81. The zero-order chi connectivity index (χ0) is 21.5. The van der Waals surface area contributed by atoms with Crippen LogP contribution < -0.4 is 4.74 Å². The summed E-state index contributed by atoms with van der Waals surface area (Å²) in [5.74, 6) is 2.45. The van der Waals surface area contributed by atoms with Crippen LogP contribution in [0.1, 0.15) is 39.0 Å². The highest BCUT2D eigenvalue weighted by Gasteiger charge is 2.24. The van der Waals surface area contributed by atoms with Gasteiger partial charge >= 0.3 is 0 Å². The first-order valence-corrected chi connectivity index (χ1v) is 10.5. The van der Waals surface area contributed by atoms with Gasteiger partial charge in [0.2, 0.25) is 23.5 Å². The number of amides is 2. The highest BCUT2D eigenvalue weighted by molar-refractivity contribution is 5.78. The highest BCUT2D eigenvalue weighted by Crippen LogP contribution is 2.20. The van der Waals surface area contributed by atoms with Gasteiger partial charge < -0.3 is 19.1 Å². The molecule has 1 aromatic carbocycles. The monoisotopic (exact) mass is 414 g/mol. The van der Waals surface area contributed by atoms with Crippen molar-refractivity contribution in [3.63, 3.8) is 0 Å². The van der Waals surface area contributed by atoms with Gasteiger partial charge in [0.25, 0.3) is 0 Å². The Kier molecular flexibility index (Phi) is 7.43. The summed E-state index contributed by atoms with van der Waals surface area (Å²) in [7, 11) is 1.61. The number of nitrogens with zero attached hydrogens (tertiary/aromatic N) is 4. The van der Waals surface area contributed by atoms with Crippen molar-refractivity contribution in [2.24, 2.45) is 5.92 Å². The minimum absolute atomic E-state index is 0.0495. The second-order valence-corrected chi connectivity index (χ2v) is 7.93. The van der Waals surface area contributed by atoms with Crippen molar-refractivity contribution < 1.29 is 18.8 Å². The smallest absolute Gasteiger partial charge is 0.227 e. The number of rotatable bonds is 8. The Labute approximate surface area is 177 Å². The summed E-state index contributed by atoms with van der Waals surface area (Å²) >= 11 is 0. The lowest BCUT2D eigenvalue weighted by Crippen LogP contribution is -2.50. The molecule has 1 aliphatic rings. The second-order valence-electron chi connectivity index (χ2n) is 7.93. The third-order valence-corrected chi connectivity index (χ3v) is 5.29. The van der Waals surface area contributed by atoms with E-state index in [0.717, 1.165) is 17.7 Å². The van der Waals surface area contributed by atoms with E-state index >= 15 is 0 Å². The van der Waals surface area contributed by atoms with E-state index in [4.69, 9.17) is 9.26 Å². The molecule has 3 rings (SSSR count). The summed E-state index contributed by atoms with van der Waals surface area (Å²) in [6, 6.07) is 7.39. The Morgan fingerprint density at radius 1 is 1.03 bits per heavy atom. The van der Waals surface area contributed by atoms with Crippen LogP contribution in [0.4, 0.5) is 0 Å². The Bertz CT molecular complexity index is 839. The van der Waals surface area contributed by atoms with E-state index in [2.05, 4.69) is 24.0 Å². The average Bonchev–Trinajstić information content (AvgIpc) is 3.25. The van der Waals surface area contributed by atoms with E-state index < -0.39 is 0 Å². The fourth-order valence-corrected chi connectivity index (χ4v) is 3.36. The van der Waals surface area contributed by atoms with Gasteiger partial charge in [-0.2, -0.15) is 4.98 Å². The number of hydrogen-bond donors (Lipinski definition) is 0. The van der Waals surface area contributed by atoms with Crippen LogP contribution in [0.5, 0.6) is 5.75 Å². The average molecular weight is 415 g/mol. The van der Waals surface area contributed by atoms with Crippen molar-refractivity contribution in [3.8, 4) is 17.1 Å². The zero-order valence-corrected chi connectivity index (χ0v) is 18.0. The van der Waals surface area contributed by atoms with Crippen LogP contribution in [0.3, 0.4) is 0 Å². The van der Waals surface area contributed by atoms with Crippen molar-refractivity contribution >= 4 is 11.8 Å². The van der Waals surface area contributed by atoms with Crippen LogP contribution in [-0.2, 0) is 16.0 Å². The van der Waals surface area contributed by atoms with Crippen LogP contribution >= 0.6 is 0 Å². The number of ether oxygens (including phenoxy) is 1. The van der Waals surface area contributed by atoms with Crippen LogP contribution in [0, 0.1) is 5.92 Å². The van der Waals surface area contributed by atoms with Gasteiger partial charge in [-0.25, -0.2) is 0 Å². The Morgan fingerprint density at radius 3 is 2.20 bits per heavy atom. The maximum absolute atomic E-state index is 12.5. The Hall–Kier alpha value is -2.90. The normalized spacial score (nSPS) is 14.3. The van der Waals surface area contributed by atoms with Crippen LogP contribution in [0.2, 0.25) is 0 Å². The fraction of sp³-hybridized carbons (Fsp3) is 0.545. The zero-order valence-electron chi connectivity index (χ0n) is 18.0. The van der Waals surface area contributed by atoms with Crippen molar-refractivity contribution in [1.82, 2.24) is 19.9 Å². The molecule has 0 spiro atoms. The molecule has 2 aromatic rings. The molecule has 2 amide bonds. The quantitative estimate of drug-likeness (QED) is 0.660. The van der Waals surface area contributed by atoms with Crippen LogP contribution in [-0.4, -0.2) is 65.0 Å². The number of piperazine rings is 1. The number of aryl methyl sites for hydroxylation is 1. The molecule has 1 fully saturated rings. The van der Waals surface area contributed by atoms with Gasteiger partial charge in [-0.15, -0.1) is 0 Å². The Balaban J connectivity index is 1.44. The van der Waals surface area contributed by atoms with Gasteiger partial charge in [-0.1, -0.05) is 19.0 Å². The summed E-state index contributed by atoms with van der Waals surface area (Å²) in [6.07, 6.45) is 2.20. The number of hydrogen-bond acceptors (Lipinski definition) is 6. The van der Waals surface area contributed by atoms with Gasteiger partial charge in [-0.05, 0) is 36.6 Å². The molecular formula is C22H30N4O4. The van der Waals surface area contributed by atoms with E-state index in [1.54, 1.807) is 7.11 Å². The summed E-state index contributed by atoms with van der Waals surface area (Å²) in [5.41, 5.74) is 0.829. The fourth-order valence-electron chi connectivity index (χ4n) is 3.36. The molecule has 8 nitrogen and oxygen atoms in total. The van der Waals surface area contributed by atoms with E-state index in [1.807, 2.05) is 34.1 Å². The number of aromatic nitrogens is 2. The Morgan fingerprint density at radius 2 is 1.63 bits per heavy atom. The standard InChI is InChI=1S/C22H30N4O4/c1-16(2)4-10-20(27)25-12-14-26(15-13-25)21(28)11-9-19-23-22(24-30-19)17-5-7-18(29-3)8-6-17/h5-8,16H,4,9-15H2,1-3H3. The first-order valence-electron chi connectivity index (χ1n) is 10.5. The van der Waals surface area contributed by atoms with E-state index in [-0.39, 0.29) is 11.8 Å². The lowest BCUT2D eigenvalue weighted by molar-refractivity contribution is -0.139. The molecule has 1 saturated heterocycles. The van der Waals surface area contributed by atoms with Crippen molar-refractivity contribution in [3.05, 3.63) is 30.2 Å². The maximum Gasteiger partial charge on any atom is 0.227 e. The van der Waals surface area contributed by atoms with Crippen molar-refractivity contribution in [2.45, 2.75) is 39.5 Å². The lowest BCUT2D eigenvalue weighted by atomic mass is 10.1. The largest absolute Gasteiger partial charge is 0.497 e. The summed E-state index contributed by atoms with van der Waals surface area (Å²) < 4.78 is 10.4. The molecule has 0 bridgehead atoms. The molecule has 0 N–H and O–H groups in total. The maximum atomic E-state index is 12.5. The number of benzene rings is 1. The van der Waals surface area contributed by atoms with Crippen LogP contribution in [0.15, 0.2) is 28.8 Å². The predicted octanol–water partition coefficient (Wildman–Crippen LogP) is 2.78. The third-order valence-electron chi connectivity index (χ3n) is 5.29. The second kappa shape index (κ2) is 10.2. The number of carbonyl (C=O) groups excluding carboxylic acids is 2. The minimum atomic E-state index is 0.0495. The van der Waals surface area contributed by atoms with E-state index in [0.29, 0.717) is 63.1 Å².